The fourth-order valence-electron chi connectivity index (χ4n) is 3.85. The lowest BCUT2D eigenvalue weighted by atomic mass is 9.77. The number of para-hydroxylation sites is 1. The number of hydrogen-bond acceptors (Lipinski definition) is 2. The van der Waals surface area contributed by atoms with Gasteiger partial charge in [0.25, 0.3) is 0 Å². The van der Waals surface area contributed by atoms with Gasteiger partial charge in [-0.05, 0) is 29.5 Å². The minimum absolute atomic E-state index is 0.317. The molecule has 0 amide bonds. The number of fused-ring (bicyclic) bond motifs is 3. The summed E-state index contributed by atoms with van der Waals surface area (Å²) in [6.45, 7) is 4.27. The zero-order chi connectivity index (χ0) is 15.6. The maximum absolute atomic E-state index is 5.88. The van der Waals surface area contributed by atoms with Crippen molar-refractivity contribution in [3.8, 4) is 5.75 Å². The molecule has 1 heterocycles. The highest BCUT2D eigenvalue weighted by atomic mass is 16.5. The number of nitrogens with one attached hydrogen (secondary N) is 1. The molecule has 1 aliphatic heterocycles. The molecule has 23 heavy (non-hydrogen) atoms. The van der Waals surface area contributed by atoms with E-state index in [9.17, 15) is 0 Å². The Hall–Kier alpha value is -2.48. The first kappa shape index (κ1) is 14.1. The van der Waals surface area contributed by atoms with Gasteiger partial charge in [0.2, 0.25) is 0 Å². The second-order valence-corrected chi connectivity index (χ2v) is 6.21. The van der Waals surface area contributed by atoms with Gasteiger partial charge in [-0.2, -0.15) is 0 Å². The average Bonchev–Trinajstić information content (AvgIpc) is 3.10. The van der Waals surface area contributed by atoms with Gasteiger partial charge in [-0.15, -0.1) is 0 Å². The van der Waals surface area contributed by atoms with E-state index < -0.39 is 0 Å². The third-order valence-electron chi connectivity index (χ3n) is 4.87. The zero-order valence-electron chi connectivity index (χ0n) is 13.1. The van der Waals surface area contributed by atoms with Gasteiger partial charge in [0.1, 0.15) is 12.4 Å². The molecule has 3 atom stereocenters. The van der Waals surface area contributed by atoms with Gasteiger partial charge in [-0.25, -0.2) is 0 Å². The Labute approximate surface area is 137 Å². The van der Waals surface area contributed by atoms with Crippen molar-refractivity contribution in [1.82, 2.24) is 0 Å². The molecule has 2 nitrogen and oxygen atoms in total. The number of allylic oxidation sites excluding steroid dienone is 2. The lowest BCUT2D eigenvalue weighted by Gasteiger charge is -2.38. The van der Waals surface area contributed by atoms with Gasteiger partial charge in [-0.1, -0.05) is 67.3 Å². The van der Waals surface area contributed by atoms with Crippen molar-refractivity contribution in [1.29, 1.82) is 0 Å². The number of ether oxygens (including phenoxy) is 1. The van der Waals surface area contributed by atoms with Crippen LogP contribution in [0.4, 0.5) is 5.69 Å². The van der Waals surface area contributed by atoms with Crippen molar-refractivity contribution in [3.05, 3.63) is 84.5 Å². The van der Waals surface area contributed by atoms with Crippen molar-refractivity contribution in [2.24, 2.45) is 5.92 Å². The summed E-state index contributed by atoms with van der Waals surface area (Å²) in [6, 6.07) is 17.4. The summed E-state index contributed by atoms with van der Waals surface area (Å²) in [4.78, 5) is 0. The molecule has 2 aliphatic rings. The standard InChI is InChI=1S/C21H21NO/c1-2-14-23-19-13-7-12-18-16-10-6-11-17(16)20(22-21(18)19)15-8-4-3-5-9-15/h2-10,12-13,16-17,20,22H,1,11,14H2. The van der Waals surface area contributed by atoms with Gasteiger partial charge in [0.05, 0.1) is 11.7 Å². The highest BCUT2D eigenvalue weighted by Gasteiger charge is 2.38. The van der Waals surface area contributed by atoms with Crippen molar-refractivity contribution in [2.75, 3.05) is 11.9 Å². The molecule has 0 spiro atoms. The molecule has 0 aromatic heterocycles. The van der Waals surface area contributed by atoms with E-state index >= 15 is 0 Å². The van der Waals surface area contributed by atoms with E-state index in [1.165, 1.54) is 11.1 Å². The molecule has 0 saturated heterocycles. The number of hydrogen-bond donors (Lipinski definition) is 1. The van der Waals surface area contributed by atoms with Gasteiger partial charge in [0, 0.05) is 5.92 Å². The monoisotopic (exact) mass is 303 g/mol. The Morgan fingerprint density at radius 3 is 2.83 bits per heavy atom. The van der Waals surface area contributed by atoms with Crippen molar-refractivity contribution in [2.45, 2.75) is 18.4 Å². The van der Waals surface area contributed by atoms with Gasteiger partial charge in [-0.3, -0.25) is 0 Å². The summed E-state index contributed by atoms with van der Waals surface area (Å²) in [5, 5.41) is 3.76. The molecule has 0 bridgehead atoms. The van der Waals surface area contributed by atoms with E-state index in [0.717, 1.165) is 17.9 Å². The number of anilines is 1. The van der Waals surface area contributed by atoms with Crippen LogP contribution in [0.2, 0.25) is 0 Å². The molecule has 0 radical (unpaired) electrons. The largest absolute Gasteiger partial charge is 0.487 e. The normalized spacial score (nSPS) is 24.4. The molecular weight excluding hydrogens is 282 g/mol. The molecule has 1 N–H and O–H groups in total. The molecule has 0 saturated carbocycles. The Bertz CT molecular complexity index is 735. The summed E-state index contributed by atoms with van der Waals surface area (Å²) >= 11 is 0. The van der Waals surface area contributed by atoms with Crippen LogP contribution >= 0.6 is 0 Å². The van der Waals surface area contributed by atoms with E-state index in [4.69, 9.17) is 4.74 Å². The van der Waals surface area contributed by atoms with E-state index in [1.54, 1.807) is 6.08 Å². The first-order valence-electron chi connectivity index (χ1n) is 8.23. The predicted octanol–water partition coefficient (Wildman–Crippen LogP) is 5.08. The molecule has 3 unspecified atom stereocenters. The molecule has 116 valence electrons. The van der Waals surface area contributed by atoms with Crippen LogP contribution in [0.3, 0.4) is 0 Å². The first-order valence-corrected chi connectivity index (χ1v) is 8.23. The average molecular weight is 303 g/mol. The highest BCUT2D eigenvalue weighted by molar-refractivity contribution is 5.67. The molecule has 0 fully saturated rings. The quantitative estimate of drug-likeness (QED) is 0.795. The summed E-state index contributed by atoms with van der Waals surface area (Å²) in [6.07, 6.45) is 7.58. The Kier molecular flexibility index (Phi) is 3.66. The first-order chi connectivity index (χ1) is 11.4. The fourth-order valence-corrected chi connectivity index (χ4v) is 3.85. The second-order valence-electron chi connectivity index (χ2n) is 6.21. The molecule has 4 rings (SSSR count). The SMILES string of the molecule is C=CCOc1cccc2c1NC(c1ccccc1)C1CC=CC21. The molecule has 2 aromatic rings. The van der Waals surface area contributed by atoms with Crippen LogP contribution in [0, 0.1) is 5.92 Å². The number of benzene rings is 2. The minimum Gasteiger partial charge on any atom is -0.487 e. The lowest BCUT2D eigenvalue weighted by molar-refractivity contribution is 0.358. The van der Waals surface area contributed by atoms with Crippen molar-refractivity contribution < 1.29 is 4.74 Å². The molecular formula is C21H21NO. The lowest BCUT2D eigenvalue weighted by Crippen LogP contribution is -2.29. The van der Waals surface area contributed by atoms with E-state index in [1.807, 2.05) is 6.07 Å². The van der Waals surface area contributed by atoms with E-state index in [-0.39, 0.29) is 0 Å². The summed E-state index contributed by atoms with van der Waals surface area (Å²) in [7, 11) is 0. The summed E-state index contributed by atoms with van der Waals surface area (Å²) < 4.78 is 5.88. The summed E-state index contributed by atoms with van der Waals surface area (Å²) in [5.74, 6) is 1.95. The third-order valence-corrected chi connectivity index (χ3v) is 4.87. The van der Waals surface area contributed by atoms with Crippen LogP contribution in [-0.2, 0) is 0 Å². The van der Waals surface area contributed by atoms with Crippen LogP contribution in [0.1, 0.15) is 29.5 Å². The molecule has 1 aliphatic carbocycles. The topological polar surface area (TPSA) is 21.3 Å². The van der Waals surface area contributed by atoms with Gasteiger partial charge in [0.15, 0.2) is 0 Å². The Balaban J connectivity index is 1.77. The van der Waals surface area contributed by atoms with Crippen molar-refractivity contribution >= 4 is 5.69 Å². The second kappa shape index (κ2) is 5.96. The van der Waals surface area contributed by atoms with E-state index in [2.05, 4.69) is 66.5 Å². The van der Waals surface area contributed by atoms with Gasteiger partial charge < -0.3 is 10.1 Å². The van der Waals surface area contributed by atoms with Crippen LogP contribution in [0.25, 0.3) is 0 Å². The van der Waals surface area contributed by atoms with Crippen LogP contribution in [0.5, 0.6) is 5.75 Å². The van der Waals surface area contributed by atoms with Gasteiger partial charge >= 0.3 is 0 Å². The Morgan fingerprint density at radius 1 is 1.13 bits per heavy atom. The third kappa shape index (κ3) is 2.44. The smallest absolute Gasteiger partial charge is 0.143 e. The number of rotatable bonds is 4. The van der Waals surface area contributed by atoms with Crippen LogP contribution in [0.15, 0.2) is 73.3 Å². The zero-order valence-corrected chi connectivity index (χ0v) is 13.1. The van der Waals surface area contributed by atoms with E-state index in [0.29, 0.717) is 24.5 Å². The summed E-state index contributed by atoms with van der Waals surface area (Å²) in [5.41, 5.74) is 3.82. The fraction of sp³-hybridized carbons (Fsp3) is 0.238. The maximum Gasteiger partial charge on any atom is 0.143 e. The highest BCUT2D eigenvalue weighted by Crippen LogP contribution is 2.52. The Morgan fingerprint density at radius 2 is 2.00 bits per heavy atom. The molecule has 2 aromatic carbocycles. The van der Waals surface area contributed by atoms with Crippen LogP contribution < -0.4 is 10.1 Å². The van der Waals surface area contributed by atoms with Crippen LogP contribution in [-0.4, -0.2) is 6.61 Å². The predicted molar refractivity (Wildman–Crippen MR) is 94.9 cm³/mol. The van der Waals surface area contributed by atoms with Crippen molar-refractivity contribution in [3.63, 3.8) is 0 Å². The minimum atomic E-state index is 0.317. The molecule has 2 heteroatoms. The maximum atomic E-state index is 5.88.